The molecule has 138 valence electrons. The van der Waals surface area contributed by atoms with Crippen LogP contribution >= 0.6 is 0 Å². The normalized spacial score (nSPS) is 10.3. The number of methoxy groups -OCH3 is 1. The molecule has 3 rings (SSSR count). The van der Waals surface area contributed by atoms with Crippen LogP contribution in [0.3, 0.4) is 0 Å². The van der Waals surface area contributed by atoms with E-state index >= 15 is 0 Å². The predicted octanol–water partition coefficient (Wildman–Crippen LogP) is 3.63. The number of halogens is 2. The van der Waals surface area contributed by atoms with Gasteiger partial charge in [-0.05, 0) is 35.9 Å². The maximum absolute atomic E-state index is 13.7. The summed E-state index contributed by atoms with van der Waals surface area (Å²) in [4.78, 5) is 20.4. The van der Waals surface area contributed by atoms with E-state index in [-0.39, 0.29) is 17.3 Å². The smallest absolute Gasteiger partial charge is 0.274 e. The Morgan fingerprint density at radius 1 is 1.11 bits per heavy atom. The second-order valence-corrected chi connectivity index (χ2v) is 5.55. The fraction of sp³-hybridized carbons (Fsp3) is 0.105. The number of amides is 1. The van der Waals surface area contributed by atoms with Gasteiger partial charge >= 0.3 is 0 Å². The molecule has 0 unspecified atom stereocenters. The molecule has 6 nitrogen and oxygen atoms in total. The van der Waals surface area contributed by atoms with Crippen LogP contribution in [0.1, 0.15) is 16.1 Å². The van der Waals surface area contributed by atoms with Crippen molar-refractivity contribution < 1.29 is 18.3 Å². The SMILES string of the molecule is COc1ccc(CNc2nccc(C(=O)Nc3ccc(F)cc3F)n2)cc1. The van der Waals surface area contributed by atoms with E-state index in [0.29, 0.717) is 12.6 Å². The van der Waals surface area contributed by atoms with Crippen LogP contribution in [-0.2, 0) is 6.54 Å². The zero-order valence-corrected chi connectivity index (χ0v) is 14.4. The van der Waals surface area contributed by atoms with E-state index in [9.17, 15) is 13.6 Å². The van der Waals surface area contributed by atoms with Crippen LogP contribution in [-0.4, -0.2) is 23.0 Å². The molecule has 0 atom stereocenters. The summed E-state index contributed by atoms with van der Waals surface area (Å²) in [6.07, 6.45) is 1.42. The topological polar surface area (TPSA) is 76.1 Å². The molecule has 0 fully saturated rings. The molecule has 0 radical (unpaired) electrons. The van der Waals surface area contributed by atoms with Crippen LogP contribution in [0.4, 0.5) is 20.4 Å². The number of carbonyl (C=O) groups excluding carboxylic acids is 1. The number of nitrogens with one attached hydrogen (secondary N) is 2. The van der Waals surface area contributed by atoms with Crippen LogP contribution in [0, 0.1) is 11.6 Å². The first-order valence-corrected chi connectivity index (χ1v) is 8.01. The van der Waals surface area contributed by atoms with Crippen LogP contribution in [0.25, 0.3) is 0 Å². The molecular weight excluding hydrogens is 354 g/mol. The minimum Gasteiger partial charge on any atom is -0.497 e. The molecule has 0 aliphatic rings. The number of ether oxygens (including phenoxy) is 1. The Balaban J connectivity index is 1.66. The Morgan fingerprint density at radius 3 is 2.59 bits per heavy atom. The van der Waals surface area contributed by atoms with Crippen molar-refractivity contribution in [3.63, 3.8) is 0 Å². The second kappa shape index (κ2) is 8.22. The molecular formula is C19H16F2N4O2. The number of aromatic nitrogens is 2. The van der Waals surface area contributed by atoms with Crippen molar-refractivity contribution in [1.82, 2.24) is 9.97 Å². The van der Waals surface area contributed by atoms with Crippen LogP contribution < -0.4 is 15.4 Å². The molecule has 0 aliphatic heterocycles. The Hall–Kier alpha value is -3.55. The molecule has 1 aromatic heterocycles. The van der Waals surface area contributed by atoms with E-state index in [1.165, 1.54) is 12.3 Å². The van der Waals surface area contributed by atoms with Gasteiger partial charge in [0, 0.05) is 18.8 Å². The van der Waals surface area contributed by atoms with E-state index in [1.54, 1.807) is 7.11 Å². The number of anilines is 2. The molecule has 2 aromatic carbocycles. The lowest BCUT2D eigenvalue weighted by atomic mass is 10.2. The average Bonchev–Trinajstić information content (AvgIpc) is 2.69. The Labute approximate surface area is 154 Å². The van der Waals surface area contributed by atoms with Gasteiger partial charge in [0.05, 0.1) is 12.8 Å². The molecule has 1 amide bonds. The van der Waals surface area contributed by atoms with Gasteiger partial charge in [-0.2, -0.15) is 0 Å². The van der Waals surface area contributed by atoms with Gasteiger partial charge in [0.1, 0.15) is 23.1 Å². The Bertz CT molecular complexity index is 949. The number of nitrogens with zero attached hydrogens (tertiary/aromatic N) is 2. The lowest BCUT2D eigenvalue weighted by Crippen LogP contribution is -2.16. The summed E-state index contributed by atoms with van der Waals surface area (Å²) >= 11 is 0. The van der Waals surface area contributed by atoms with Crippen molar-refractivity contribution >= 4 is 17.5 Å². The molecule has 1 heterocycles. The molecule has 2 N–H and O–H groups in total. The molecule has 0 aliphatic carbocycles. The van der Waals surface area contributed by atoms with Gasteiger partial charge < -0.3 is 15.4 Å². The molecule has 0 saturated heterocycles. The third-order valence-corrected chi connectivity index (χ3v) is 3.68. The van der Waals surface area contributed by atoms with Crippen molar-refractivity contribution in [2.45, 2.75) is 6.54 Å². The highest BCUT2D eigenvalue weighted by molar-refractivity contribution is 6.03. The van der Waals surface area contributed by atoms with Gasteiger partial charge in [-0.3, -0.25) is 4.79 Å². The van der Waals surface area contributed by atoms with Crippen LogP contribution in [0.2, 0.25) is 0 Å². The summed E-state index contributed by atoms with van der Waals surface area (Å²) < 4.78 is 31.7. The van der Waals surface area contributed by atoms with Gasteiger partial charge in [0.15, 0.2) is 0 Å². The lowest BCUT2D eigenvalue weighted by Gasteiger charge is -2.08. The molecule has 0 saturated carbocycles. The van der Waals surface area contributed by atoms with E-state index < -0.39 is 17.5 Å². The first-order valence-electron chi connectivity index (χ1n) is 8.01. The minimum atomic E-state index is -0.865. The fourth-order valence-corrected chi connectivity index (χ4v) is 2.27. The minimum absolute atomic E-state index is 0.0472. The van der Waals surface area contributed by atoms with E-state index in [4.69, 9.17) is 4.74 Å². The third-order valence-electron chi connectivity index (χ3n) is 3.68. The summed E-state index contributed by atoms with van der Waals surface area (Å²) in [6, 6.07) is 11.7. The van der Waals surface area contributed by atoms with Crippen molar-refractivity contribution in [2.75, 3.05) is 17.7 Å². The second-order valence-electron chi connectivity index (χ2n) is 5.55. The van der Waals surface area contributed by atoms with Gasteiger partial charge in [-0.25, -0.2) is 18.7 Å². The maximum Gasteiger partial charge on any atom is 0.274 e. The van der Waals surface area contributed by atoms with Crippen LogP contribution in [0.5, 0.6) is 5.75 Å². The molecule has 3 aromatic rings. The largest absolute Gasteiger partial charge is 0.497 e. The highest BCUT2D eigenvalue weighted by atomic mass is 19.1. The number of carbonyl (C=O) groups is 1. The summed E-state index contributed by atoms with van der Waals surface area (Å²) in [5.74, 6) is -1.22. The lowest BCUT2D eigenvalue weighted by molar-refractivity contribution is 0.102. The molecule has 0 spiro atoms. The quantitative estimate of drug-likeness (QED) is 0.693. The summed E-state index contributed by atoms with van der Waals surface area (Å²) in [7, 11) is 1.59. The summed E-state index contributed by atoms with van der Waals surface area (Å²) in [6.45, 7) is 0.446. The predicted molar refractivity (Wildman–Crippen MR) is 96.7 cm³/mol. The monoisotopic (exact) mass is 370 g/mol. The zero-order chi connectivity index (χ0) is 19.2. The van der Waals surface area contributed by atoms with E-state index in [2.05, 4.69) is 20.6 Å². The first-order chi connectivity index (χ1) is 13.0. The number of benzene rings is 2. The maximum atomic E-state index is 13.7. The summed E-state index contributed by atoms with van der Waals surface area (Å²) in [5, 5.41) is 5.36. The van der Waals surface area contributed by atoms with Crippen molar-refractivity contribution in [1.29, 1.82) is 0 Å². The Kier molecular flexibility index (Phi) is 5.55. The van der Waals surface area contributed by atoms with Crippen molar-refractivity contribution in [2.24, 2.45) is 0 Å². The molecule has 0 bridgehead atoms. The first kappa shape index (κ1) is 18.2. The van der Waals surface area contributed by atoms with E-state index in [0.717, 1.165) is 23.4 Å². The summed E-state index contributed by atoms with van der Waals surface area (Å²) in [5.41, 5.74) is 0.890. The molecule has 8 heteroatoms. The average molecular weight is 370 g/mol. The fourth-order valence-electron chi connectivity index (χ4n) is 2.27. The van der Waals surface area contributed by atoms with Crippen molar-refractivity contribution in [3.8, 4) is 5.75 Å². The third kappa shape index (κ3) is 4.75. The van der Waals surface area contributed by atoms with E-state index in [1.807, 2.05) is 24.3 Å². The highest BCUT2D eigenvalue weighted by Crippen LogP contribution is 2.16. The number of hydrogen-bond donors (Lipinski definition) is 2. The zero-order valence-electron chi connectivity index (χ0n) is 14.4. The standard InChI is InChI=1S/C19H16F2N4O2/c1-27-14-5-2-12(3-6-14)11-23-19-22-9-8-17(25-19)18(26)24-16-7-4-13(20)10-15(16)21/h2-10H,11H2,1H3,(H,24,26)(H,22,23,25). The van der Waals surface area contributed by atoms with Crippen molar-refractivity contribution in [3.05, 3.63) is 77.6 Å². The van der Waals surface area contributed by atoms with Gasteiger partial charge in [-0.15, -0.1) is 0 Å². The van der Waals surface area contributed by atoms with Gasteiger partial charge in [0.25, 0.3) is 5.91 Å². The number of hydrogen-bond acceptors (Lipinski definition) is 5. The van der Waals surface area contributed by atoms with Crippen LogP contribution in [0.15, 0.2) is 54.7 Å². The highest BCUT2D eigenvalue weighted by Gasteiger charge is 2.12. The molecule has 27 heavy (non-hydrogen) atoms. The number of rotatable bonds is 6. The Morgan fingerprint density at radius 2 is 1.89 bits per heavy atom. The van der Waals surface area contributed by atoms with Gasteiger partial charge in [-0.1, -0.05) is 12.1 Å². The van der Waals surface area contributed by atoms with Gasteiger partial charge in [0.2, 0.25) is 5.95 Å².